The minimum atomic E-state index is -5.11. The summed E-state index contributed by atoms with van der Waals surface area (Å²) < 4.78 is 62.4. The van der Waals surface area contributed by atoms with Crippen molar-refractivity contribution in [1.82, 2.24) is 15.3 Å². The topological polar surface area (TPSA) is 132 Å². The fourth-order valence-electron chi connectivity index (χ4n) is 3.85. The predicted molar refractivity (Wildman–Crippen MR) is 156 cm³/mol. The van der Waals surface area contributed by atoms with Gasteiger partial charge in [0.15, 0.2) is 0 Å². The van der Waals surface area contributed by atoms with Crippen LogP contribution in [0.15, 0.2) is 79.1 Å². The summed E-state index contributed by atoms with van der Waals surface area (Å²) in [4.78, 5) is 46.0. The van der Waals surface area contributed by atoms with E-state index in [0.717, 1.165) is 18.2 Å². The highest BCUT2D eigenvalue weighted by molar-refractivity contribution is 6.07. The Morgan fingerprint density at radius 2 is 1.60 bits per heavy atom. The van der Waals surface area contributed by atoms with Crippen molar-refractivity contribution in [2.75, 3.05) is 10.6 Å². The zero-order valence-electron chi connectivity index (χ0n) is 24.2. The third-order valence-corrected chi connectivity index (χ3v) is 5.79. The van der Waals surface area contributed by atoms with E-state index in [1.807, 2.05) is 0 Å². The summed E-state index contributed by atoms with van der Waals surface area (Å²) in [5, 5.41) is 7.45. The largest absolute Gasteiger partial charge is 0.573 e. The summed E-state index contributed by atoms with van der Waals surface area (Å²) in [6.07, 6.45) is -3.19. The average molecular weight is 626 g/mol. The van der Waals surface area contributed by atoms with Gasteiger partial charge in [0.2, 0.25) is 0 Å². The number of hydrogen-bond donors (Lipinski definition) is 3. The van der Waals surface area contributed by atoms with Crippen LogP contribution in [0.5, 0.6) is 5.75 Å². The molecule has 0 atom stereocenters. The molecule has 2 aromatic heterocycles. The summed E-state index contributed by atoms with van der Waals surface area (Å²) in [6.45, 7) is 4.95. The molecule has 0 fully saturated rings. The van der Waals surface area contributed by atoms with Crippen LogP contribution < -0.4 is 20.7 Å². The van der Waals surface area contributed by atoms with E-state index in [4.69, 9.17) is 4.74 Å². The van der Waals surface area contributed by atoms with Crippen molar-refractivity contribution in [1.29, 1.82) is 0 Å². The van der Waals surface area contributed by atoms with Crippen LogP contribution in [0.25, 0.3) is 11.3 Å². The Bertz CT molecular complexity index is 1690. The monoisotopic (exact) mass is 625 g/mol. The van der Waals surface area contributed by atoms with E-state index < -0.39 is 47.0 Å². The van der Waals surface area contributed by atoms with Gasteiger partial charge in [-0.15, -0.1) is 13.2 Å². The lowest BCUT2D eigenvalue weighted by Gasteiger charge is -2.19. The summed E-state index contributed by atoms with van der Waals surface area (Å²) >= 11 is 0. The Hall–Kier alpha value is -5.53. The van der Waals surface area contributed by atoms with Crippen LogP contribution in [0.2, 0.25) is 0 Å². The zero-order valence-corrected chi connectivity index (χ0v) is 24.2. The lowest BCUT2D eigenvalue weighted by Crippen LogP contribution is -2.27. The molecule has 10 nitrogen and oxygen atoms in total. The lowest BCUT2D eigenvalue weighted by molar-refractivity contribution is -0.274. The second-order valence-corrected chi connectivity index (χ2v) is 10.5. The molecule has 0 aliphatic heterocycles. The number of aromatic nitrogens is 2. The van der Waals surface area contributed by atoms with Crippen LogP contribution in [0.1, 0.15) is 47.1 Å². The van der Waals surface area contributed by atoms with Crippen molar-refractivity contribution in [3.05, 3.63) is 102 Å². The molecule has 45 heavy (non-hydrogen) atoms. The number of ether oxygens (including phenoxy) is 2. The van der Waals surface area contributed by atoms with Crippen LogP contribution in [0.4, 0.5) is 33.9 Å². The molecule has 0 aliphatic rings. The van der Waals surface area contributed by atoms with E-state index in [0.29, 0.717) is 11.3 Å². The number of carbonyl (C=O) groups is 3. The van der Waals surface area contributed by atoms with E-state index in [1.165, 1.54) is 48.8 Å². The predicted octanol–water partition coefficient (Wildman–Crippen LogP) is 6.71. The molecule has 234 valence electrons. The summed E-state index contributed by atoms with van der Waals surface area (Å²) in [6, 6.07) is 14.8. The highest BCUT2D eigenvalue weighted by Gasteiger charge is 2.33. The number of alkyl halides is 3. The number of halogens is 4. The normalized spacial score (nSPS) is 11.4. The fraction of sp³-hybridized carbons (Fsp3) is 0.194. The van der Waals surface area contributed by atoms with Gasteiger partial charge < -0.3 is 20.1 Å². The molecule has 3 N–H and O–H groups in total. The molecule has 3 amide bonds. The van der Waals surface area contributed by atoms with Crippen molar-refractivity contribution in [3.63, 3.8) is 0 Å². The quantitative estimate of drug-likeness (QED) is 0.186. The maximum atomic E-state index is 14.1. The Morgan fingerprint density at radius 3 is 2.22 bits per heavy atom. The lowest BCUT2D eigenvalue weighted by atomic mass is 10.1. The van der Waals surface area contributed by atoms with Gasteiger partial charge in [0.1, 0.15) is 23.0 Å². The minimum absolute atomic E-state index is 0.146. The fourth-order valence-corrected chi connectivity index (χ4v) is 3.85. The van der Waals surface area contributed by atoms with Crippen LogP contribution in [0, 0.1) is 5.82 Å². The van der Waals surface area contributed by atoms with Gasteiger partial charge in [0.05, 0.1) is 23.1 Å². The maximum absolute atomic E-state index is 14.1. The number of rotatable bonds is 8. The molecule has 4 aromatic rings. The first-order valence-corrected chi connectivity index (χ1v) is 13.3. The van der Waals surface area contributed by atoms with E-state index in [1.54, 1.807) is 32.9 Å². The van der Waals surface area contributed by atoms with Gasteiger partial charge >= 0.3 is 12.5 Å². The van der Waals surface area contributed by atoms with Gasteiger partial charge in [-0.1, -0.05) is 18.2 Å². The van der Waals surface area contributed by atoms with Gasteiger partial charge in [-0.25, -0.2) is 14.2 Å². The van der Waals surface area contributed by atoms with Crippen LogP contribution >= 0.6 is 0 Å². The molecule has 0 radical (unpaired) electrons. The van der Waals surface area contributed by atoms with Crippen LogP contribution in [0.3, 0.4) is 0 Å². The standard InChI is InChI=1S/C31H27F4N5O5/c1-30(2,3)45-29(43)40-26-13-8-18(15-37-26)16-38-28(42)22-14-19(9-12-25(22)44-31(33,34)35)27(41)39-20-10-11-24(36-17-20)21-6-4-5-7-23(21)32/h4-15,17H,16H2,1-3H3,(H,38,42)(H,39,41)(H,37,40,43). The second kappa shape index (κ2) is 13.4. The number of amides is 3. The number of benzene rings is 2. The molecule has 0 saturated heterocycles. The average Bonchev–Trinajstić information content (AvgIpc) is 2.96. The van der Waals surface area contributed by atoms with Crippen molar-refractivity contribution in [2.24, 2.45) is 0 Å². The van der Waals surface area contributed by atoms with Gasteiger partial charge in [0.25, 0.3) is 11.8 Å². The Morgan fingerprint density at radius 1 is 0.844 bits per heavy atom. The molecule has 0 aliphatic carbocycles. The zero-order chi connectivity index (χ0) is 32.8. The van der Waals surface area contributed by atoms with Crippen molar-refractivity contribution < 1.29 is 41.4 Å². The van der Waals surface area contributed by atoms with Crippen molar-refractivity contribution in [2.45, 2.75) is 39.3 Å². The van der Waals surface area contributed by atoms with E-state index in [-0.39, 0.29) is 29.2 Å². The molecule has 4 rings (SSSR count). The van der Waals surface area contributed by atoms with Gasteiger partial charge in [-0.2, -0.15) is 0 Å². The Balaban J connectivity index is 1.45. The van der Waals surface area contributed by atoms with Crippen LogP contribution in [-0.4, -0.2) is 39.8 Å². The van der Waals surface area contributed by atoms with Crippen molar-refractivity contribution in [3.8, 4) is 17.0 Å². The molecule has 0 unspecified atom stereocenters. The summed E-state index contributed by atoms with van der Waals surface area (Å²) in [7, 11) is 0. The molecule has 0 bridgehead atoms. The third-order valence-electron chi connectivity index (χ3n) is 5.79. The van der Waals surface area contributed by atoms with Crippen LogP contribution in [-0.2, 0) is 11.3 Å². The molecule has 0 spiro atoms. The minimum Gasteiger partial charge on any atom is -0.444 e. The molecule has 2 heterocycles. The molecule has 2 aromatic carbocycles. The highest BCUT2D eigenvalue weighted by Crippen LogP contribution is 2.28. The maximum Gasteiger partial charge on any atom is 0.573 e. The van der Waals surface area contributed by atoms with E-state index in [9.17, 15) is 31.9 Å². The molecule has 14 heteroatoms. The SMILES string of the molecule is CC(C)(C)OC(=O)Nc1ccc(CNC(=O)c2cc(C(=O)Nc3ccc(-c4ccccc4F)nc3)ccc2OC(F)(F)F)cn1. The number of nitrogens with zero attached hydrogens (tertiary/aromatic N) is 2. The first-order chi connectivity index (χ1) is 21.2. The number of anilines is 2. The number of nitrogens with one attached hydrogen (secondary N) is 3. The van der Waals surface area contributed by atoms with Gasteiger partial charge in [-0.3, -0.25) is 19.9 Å². The summed E-state index contributed by atoms with van der Waals surface area (Å²) in [5.41, 5.74) is -0.154. The van der Waals surface area contributed by atoms with E-state index >= 15 is 0 Å². The molecular weight excluding hydrogens is 598 g/mol. The molecule has 0 saturated carbocycles. The summed E-state index contributed by atoms with van der Waals surface area (Å²) in [5.74, 6) is -2.83. The van der Waals surface area contributed by atoms with E-state index in [2.05, 4.69) is 30.7 Å². The van der Waals surface area contributed by atoms with Crippen molar-refractivity contribution >= 4 is 29.4 Å². The Labute approximate surface area is 254 Å². The first kappa shape index (κ1) is 32.4. The Kier molecular flexibility index (Phi) is 9.65. The second-order valence-electron chi connectivity index (χ2n) is 10.5. The smallest absolute Gasteiger partial charge is 0.444 e. The third kappa shape index (κ3) is 9.48. The number of pyridine rings is 2. The molecular formula is C31H27F4N5O5. The highest BCUT2D eigenvalue weighted by atomic mass is 19.4. The first-order valence-electron chi connectivity index (χ1n) is 13.3. The van der Waals surface area contributed by atoms with Gasteiger partial charge in [-0.05, 0) is 74.9 Å². The number of carbonyl (C=O) groups excluding carboxylic acids is 3. The number of hydrogen-bond acceptors (Lipinski definition) is 7. The van der Waals surface area contributed by atoms with Gasteiger partial charge in [0, 0.05) is 23.9 Å².